The lowest BCUT2D eigenvalue weighted by Crippen LogP contribution is -2.34. The fourth-order valence-electron chi connectivity index (χ4n) is 3.36. The zero-order chi connectivity index (χ0) is 23.4. The highest BCUT2D eigenvalue weighted by Crippen LogP contribution is 2.41. The van der Waals surface area contributed by atoms with Crippen molar-refractivity contribution in [2.24, 2.45) is 5.92 Å². The van der Waals surface area contributed by atoms with Gasteiger partial charge < -0.3 is 19.2 Å². The molecule has 1 aromatic heterocycles. The van der Waals surface area contributed by atoms with Gasteiger partial charge in [0, 0.05) is 5.56 Å². The highest BCUT2D eigenvalue weighted by Gasteiger charge is 2.33. The van der Waals surface area contributed by atoms with Crippen molar-refractivity contribution in [2.75, 3.05) is 13.7 Å². The lowest BCUT2D eigenvalue weighted by molar-refractivity contribution is -0.149. The summed E-state index contributed by atoms with van der Waals surface area (Å²) in [4.78, 5) is 36.4. The molecule has 0 saturated heterocycles. The van der Waals surface area contributed by atoms with E-state index in [0.29, 0.717) is 11.5 Å². The molecule has 1 saturated carbocycles. The summed E-state index contributed by atoms with van der Waals surface area (Å²) in [6.45, 7) is -1.02. The Labute approximate surface area is 188 Å². The molecule has 1 N–H and O–H groups in total. The van der Waals surface area contributed by atoms with Crippen molar-refractivity contribution in [3.8, 4) is 17.2 Å². The Morgan fingerprint density at radius 3 is 2.52 bits per heavy atom. The van der Waals surface area contributed by atoms with E-state index in [-0.39, 0.29) is 11.9 Å². The fourth-order valence-corrected chi connectivity index (χ4v) is 3.36. The summed E-state index contributed by atoms with van der Waals surface area (Å²) < 4.78 is 29.0. The van der Waals surface area contributed by atoms with Gasteiger partial charge in [-0.15, -0.1) is 5.10 Å². The first kappa shape index (κ1) is 22.3. The smallest absolute Gasteiger partial charge is 0.437 e. The van der Waals surface area contributed by atoms with Gasteiger partial charge in [-0.25, -0.2) is 9.18 Å². The standard InChI is InChI=1S/C23H22FN3O6/c1-31-18-10-6-15(7-11-18)21(14-2-3-14)25-19(28)13-32-20(29)12-27-23(30)33-22(26-27)16-4-8-17(24)9-5-16/h4-11,14,21H,2-3,12-13H2,1H3,(H,25,28). The predicted octanol–water partition coefficient (Wildman–Crippen LogP) is 2.46. The molecule has 0 aliphatic heterocycles. The molecule has 9 nitrogen and oxygen atoms in total. The number of esters is 1. The summed E-state index contributed by atoms with van der Waals surface area (Å²) in [5.74, 6) is -1.59. The number of halogens is 1. The predicted molar refractivity (Wildman–Crippen MR) is 114 cm³/mol. The number of hydrogen-bond acceptors (Lipinski definition) is 7. The first-order valence-corrected chi connectivity index (χ1v) is 10.4. The van der Waals surface area contributed by atoms with E-state index in [0.717, 1.165) is 28.8 Å². The molecular weight excluding hydrogens is 433 g/mol. The van der Waals surface area contributed by atoms with Gasteiger partial charge in [0.2, 0.25) is 5.89 Å². The molecule has 4 rings (SSSR count). The molecule has 1 fully saturated rings. The van der Waals surface area contributed by atoms with Gasteiger partial charge in [0.15, 0.2) is 6.61 Å². The second-order valence-corrected chi connectivity index (χ2v) is 7.65. The maximum absolute atomic E-state index is 13.0. The number of ether oxygens (including phenoxy) is 2. The van der Waals surface area contributed by atoms with Crippen LogP contribution in [0.15, 0.2) is 57.7 Å². The average Bonchev–Trinajstić information content (AvgIpc) is 3.60. The van der Waals surface area contributed by atoms with Gasteiger partial charge in [0.25, 0.3) is 5.91 Å². The third-order valence-corrected chi connectivity index (χ3v) is 5.23. The third kappa shape index (κ3) is 5.65. The number of nitrogens with one attached hydrogen (secondary N) is 1. The van der Waals surface area contributed by atoms with Crippen LogP contribution in [0, 0.1) is 11.7 Å². The normalized spacial score (nSPS) is 13.9. The van der Waals surface area contributed by atoms with Crippen molar-refractivity contribution in [1.29, 1.82) is 0 Å². The zero-order valence-corrected chi connectivity index (χ0v) is 17.8. The number of amides is 1. The molecule has 10 heteroatoms. The van der Waals surface area contributed by atoms with E-state index in [9.17, 15) is 18.8 Å². The SMILES string of the molecule is COc1ccc(C(NC(=O)COC(=O)Cn2nc(-c3ccc(F)cc3)oc2=O)C2CC2)cc1. The lowest BCUT2D eigenvalue weighted by Gasteiger charge is -2.19. The van der Waals surface area contributed by atoms with Crippen LogP contribution in [0.25, 0.3) is 11.5 Å². The van der Waals surface area contributed by atoms with Crippen LogP contribution < -0.4 is 15.8 Å². The van der Waals surface area contributed by atoms with Gasteiger partial charge in [-0.3, -0.25) is 9.59 Å². The van der Waals surface area contributed by atoms with Crippen LogP contribution in [-0.2, 0) is 20.9 Å². The molecule has 0 bridgehead atoms. The number of carbonyl (C=O) groups excluding carboxylic acids is 2. The van der Waals surface area contributed by atoms with E-state index in [1.807, 2.05) is 24.3 Å². The number of methoxy groups -OCH3 is 1. The Bertz CT molecular complexity index is 1180. The van der Waals surface area contributed by atoms with Gasteiger partial charge in [-0.2, -0.15) is 4.68 Å². The number of rotatable bonds is 9. The van der Waals surface area contributed by atoms with Crippen molar-refractivity contribution in [3.05, 3.63) is 70.5 Å². The Kier molecular flexibility index (Phi) is 6.53. The molecule has 1 aliphatic rings. The van der Waals surface area contributed by atoms with E-state index in [1.54, 1.807) is 7.11 Å². The maximum atomic E-state index is 13.0. The quantitative estimate of drug-likeness (QED) is 0.493. The molecule has 3 aromatic rings. The summed E-state index contributed by atoms with van der Waals surface area (Å²) >= 11 is 0. The molecule has 0 radical (unpaired) electrons. The Morgan fingerprint density at radius 2 is 1.88 bits per heavy atom. The highest BCUT2D eigenvalue weighted by atomic mass is 19.1. The summed E-state index contributed by atoms with van der Waals surface area (Å²) in [5.41, 5.74) is 1.32. The molecule has 0 spiro atoms. The largest absolute Gasteiger partial charge is 0.497 e. The number of aromatic nitrogens is 2. The molecule has 172 valence electrons. The third-order valence-electron chi connectivity index (χ3n) is 5.23. The van der Waals surface area contributed by atoms with Crippen LogP contribution in [0.3, 0.4) is 0 Å². The van der Waals surface area contributed by atoms with Crippen LogP contribution in [0.2, 0.25) is 0 Å². The van der Waals surface area contributed by atoms with E-state index in [4.69, 9.17) is 13.9 Å². The number of hydrogen-bond donors (Lipinski definition) is 1. The van der Waals surface area contributed by atoms with E-state index in [2.05, 4.69) is 10.4 Å². The van der Waals surface area contributed by atoms with Crippen LogP contribution in [0.5, 0.6) is 5.75 Å². The Morgan fingerprint density at radius 1 is 1.18 bits per heavy atom. The van der Waals surface area contributed by atoms with Gasteiger partial charge in [0.1, 0.15) is 18.1 Å². The van der Waals surface area contributed by atoms with Crippen LogP contribution in [0.1, 0.15) is 24.4 Å². The number of benzene rings is 2. The molecule has 33 heavy (non-hydrogen) atoms. The minimum Gasteiger partial charge on any atom is -0.497 e. The van der Waals surface area contributed by atoms with Crippen LogP contribution in [-0.4, -0.2) is 35.4 Å². The van der Waals surface area contributed by atoms with E-state index in [1.165, 1.54) is 24.3 Å². The van der Waals surface area contributed by atoms with Crippen molar-refractivity contribution in [2.45, 2.75) is 25.4 Å². The molecular formula is C23H22FN3O6. The lowest BCUT2D eigenvalue weighted by atomic mass is 10.0. The molecule has 1 unspecified atom stereocenters. The molecule has 1 amide bonds. The van der Waals surface area contributed by atoms with Gasteiger partial charge in [-0.05, 0) is 60.7 Å². The van der Waals surface area contributed by atoms with Gasteiger partial charge in [0.05, 0.1) is 13.2 Å². The number of carbonyl (C=O) groups is 2. The molecule has 1 atom stereocenters. The van der Waals surface area contributed by atoms with Crippen molar-refractivity contribution in [3.63, 3.8) is 0 Å². The highest BCUT2D eigenvalue weighted by molar-refractivity contribution is 5.80. The number of nitrogens with zero attached hydrogens (tertiary/aromatic N) is 2. The minimum atomic E-state index is -0.871. The second kappa shape index (κ2) is 9.68. The maximum Gasteiger partial charge on any atom is 0.437 e. The van der Waals surface area contributed by atoms with E-state index < -0.39 is 36.6 Å². The molecule has 1 heterocycles. The van der Waals surface area contributed by atoms with E-state index >= 15 is 0 Å². The molecule has 1 aliphatic carbocycles. The van der Waals surface area contributed by atoms with Crippen LogP contribution >= 0.6 is 0 Å². The minimum absolute atomic E-state index is 0.0580. The molecule has 2 aromatic carbocycles. The zero-order valence-electron chi connectivity index (χ0n) is 17.8. The first-order valence-electron chi connectivity index (χ1n) is 10.4. The first-order chi connectivity index (χ1) is 15.9. The Balaban J connectivity index is 1.31. The summed E-state index contributed by atoms with van der Waals surface area (Å²) in [6.07, 6.45) is 2.00. The summed E-state index contributed by atoms with van der Waals surface area (Å²) in [7, 11) is 1.58. The summed E-state index contributed by atoms with van der Waals surface area (Å²) in [6, 6.07) is 12.4. The monoisotopic (exact) mass is 455 g/mol. The van der Waals surface area contributed by atoms with Crippen LogP contribution in [0.4, 0.5) is 4.39 Å². The topological polar surface area (TPSA) is 113 Å². The summed E-state index contributed by atoms with van der Waals surface area (Å²) in [5, 5.41) is 6.82. The van der Waals surface area contributed by atoms with Crippen molar-refractivity contribution < 1.29 is 27.9 Å². The second-order valence-electron chi connectivity index (χ2n) is 7.65. The van der Waals surface area contributed by atoms with Gasteiger partial charge >= 0.3 is 11.7 Å². The van der Waals surface area contributed by atoms with Crippen molar-refractivity contribution in [1.82, 2.24) is 15.1 Å². The van der Waals surface area contributed by atoms with Crippen molar-refractivity contribution >= 4 is 11.9 Å². The Hall–Kier alpha value is -3.95. The average molecular weight is 455 g/mol. The fraction of sp³-hybridized carbons (Fsp3) is 0.304. The van der Waals surface area contributed by atoms with Gasteiger partial charge in [-0.1, -0.05) is 12.1 Å².